The number of hydrogen-bond acceptors (Lipinski definition) is 2. The Labute approximate surface area is 280 Å². The summed E-state index contributed by atoms with van der Waals surface area (Å²) >= 11 is 0. The molecule has 0 N–H and O–H groups in total. The second-order valence-electron chi connectivity index (χ2n) is 12.8. The van der Waals surface area contributed by atoms with E-state index in [1.165, 1.54) is 60.0 Å². The van der Waals surface area contributed by atoms with Gasteiger partial charge < -0.3 is 13.4 Å². The predicted molar refractivity (Wildman–Crippen MR) is 204 cm³/mol. The smallest absolute Gasteiger partial charge is 0.178 e. The largest absolute Gasteiger partial charge is 0.460 e. The molecule has 0 spiro atoms. The summed E-state index contributed by atoms with van der Waals surface area (Å²) in [6, 6.07) is 56.4. The van der Waals surface area contributed by atoms with E-state index in [4.69, 9.17) is 8.83 Å². The van der Waals surface area contributed by atoms with Crippen LogP contribution < -0.4 is 0 Å². The van der Waals surface area contributed by atoms with Crippen LogP contribution in [0.15, 0.2) is 173 Å². The fraction of sp³-hybridized carbons (Fsp3) is 0. The van der Waals surface area contributed by atoms with Crippen molar-refractivity contribution < 1.29 is 8.83 Å². The number of aromatic nitrogens is 1. The van der Waals surface area contributed by atoms with Crippen LogP contribution in [-0.2, 0) is 0 Å². The molecule has 0 aliphatic heterocycles. The van der Waals surface area contributed by atoms with Gasteiger partial charge in [-0.25, -0.2) is 0 Å². The van der Waals surface area contributed by atoms with Crippen molar-refractivity contribution in [2.24, 2.45) is 0 Å². The number of para-hydroxylation sites is 3. The number of benzene rings is 8. The third kappa shape index (κ3) is 3.62. The highest BCUT2D eigenvalue weighted by atomic mass is 16.4. The van der Waals surface area contributed by atoms with E-state index < -0.39 is 0 Å². The van der Waals surface area contributed by atoms with E-state index >= 15 is 0 Å². The van der Waals surface area contributed by atoms with E-state index in [1.54, 1.807) is 0 Å². The fourth-order valence-corrected chi connectivity index (χ4v) is 8.26. The number of nitrogens with zero attached hydrogens (tertiary/aromatic N) is 1. The fourth-order valence-electron chi connectivity index (χ4n) is 8.26. The van der Waals surface area contributed by atoms with Crippen LogP contribution in [0.2, 0.25) is 0 Å². The summed E-state index contributed by atoms with van der Waals surface area (Å²) in [6.45, 7) is 0. The normalized spacial score (nSPS) is 12.1. The molecule has 11 rings (SSSR count). The standard InChI is InChI=1S/C46H27NO2/c1-2-13-28(14-3-1)47-39-22-10-8-20-36(39)44-37(21-12-23-40(44)47)42-30-16-4-6-18-32(30)43(33-19-7-5-17-31(33)42)38-27-48-45-35(38)26-25-34-29-15-9-11-24-41(29)49-46(34)45/h1-27H. The summed E-state index contributed by atoms with van der Waals surface area (Å²) in [5.74, 6) is 0. The van der Waals surface area contributed by atoms with E-state index in [-0.39, 0.29) is 0 Å². The zero-order chi connectivity index (χ0) is 32.1. The maximum atomic E-state index is 6.41. The first-order chi connectivity index (χ1) is 24.3. The predicted octanol–water partition coefficient (Wildman–Crippen LogP) is 13.1. The summed E-state index contributed by atoms with van der Waals surface area (Å²) < 4.78 is 15.2. The van der Waals surface area contributed by atoms with Crippen molar-refractivity contribution in [2.75, 3.05) is 0 Å². The summed E-state index contributed by atoms with van der Waals surface area (Å²) in [5.41, 5.74) is 10.7. The van der Waals surface area contributed by atoms with Gasteiger partial charge in [-0.15, -0.1) is 0 Å². The molecule has 0 aliphatic carbocycles. The highest BCUT2D eigenvalue weighted by Gasteiger charge is 2.23. The lowest BCUT2D eigenvalue weighted by molar-refractivity contribution is 0.601. The third-order valence-corrected chi connectivity index (χ3v) is 10.3. The molecular weight excluding hydrogens is 599 g/mol. The Morgan fingerprint density at radius 1 is 0.367 bits per heavy atom. The number of rotatable bonds is 3. The van der Waals surface area contributed by atoms with Crippen LogP contribution in [0.4, 0.5) is 0 Å². The lowest BCUT2D eigenvalue weighted by atomic mass is 9.85. The molecule has 3 heteroatoms. The Balaban J connectivity index is 1.25. The van der Waals surface area contributed by atoms with Gasteiger partial charge in [-0.1, -0.05) is 115 Å². The van der Waals surface area contributed by atoms with Gasteiger partial charge in [0.2, 0.25) is 0 Å². The summed E-state index contributed by atoms with van der Waals surface area (Å²) in [6.07, 6.45) is 1.92. The molecule has 0 amide bonds. The molecular formula is C46H27NO2. The average Bonchev–Trinajstić information content (AvgIpc) is 3.86. The molecule has 0 saturated carbocycles. The molecule has 0 bridgehead atoms. The minimum absolute atomic E-state index is 0.777. The molecule has 0 atom stereocenters. The SMILES string of the molecule is c1ccc(-n2c3ccccc3c3c(-c4c5ccccc5c(-c5coc6c5ccc5c7ccccc7oc56)c5ccccc45)cccc32)cc1. The van der Waals surface area contributed by atoms with Crippen molar-refractivity contribution in [3.05, 3.63) is 164 Å². The number of fused-ring (bicyclic) bond motifs is 10. The Morgan fingerprint density at radius 2 is 0.939 bits per heavy atom. The van der Waals surface area contributed by atoms with E-state index in [0.29, 0.717) is 0 Å². The van der Waals surface area contributed by atoms with Gasteiger partial charge in [0.15, 0.2) is 11.2 Å². The molecule has 0 radical (unpaired) electrons. The zero-order valence-corrected chi connectivity index (χ0v) is 26.4. The maximum absolute atomic E-state index is 6.41. The van der Waals surface area contributed by atoms with Gasteiger partial charge in [0, 0.05) is 43.7 Å². The van der Waals surface area contributed by atoms with Crippen LogP contribution in [-0.4, -0.2) is 4.57 Å². The molecule has 3 heterocycles. The van der Waals surface area contributed by atoms with Gasteiger partial charge in [-0.05, 0) is 75.1 Å². The average molecular weight is 626 g/mol. The quantitative estimate of drug-likeness (QED) is 0.183. The molecule has 228 valence electrons. The molecule has 11 aromatic rings. The summed E-state index contributed by atoms with van der Waals surface area (Å²) in [4.78, 5) is 0. The van der Waals surface area contributed by atoms with Crippen molar-refractivity contribution in [1.29, 1.82) is 0 Å². The van der Waals surface area contributed by atoms with Gasteiger partial charge in [0.05, 0.1) is 17.3 Å². The van der Waals surface area contributed by atoms with Gasteiger partial charge in [-0.2, -0.15) is 0 Å². The number of hydrogen-bond donors (Lipinski definition) is 0. The van der Waals surface area contributed by atoms with Crippen LogP contribution in [0.1, 0.15) is 0 Å². The second-order valence-corrected chi connectivity index (χ2v) is 12.8. The third-order valence-electron chi connectivity index (χ3n) is 10.3. The number of furan rings is 2. The molecule has 0 fully saturated rings. The Kier molecular flexibility index (Phi) is 5.38. The second kappa shape index (κ2) is 9.96. The van der Waals surface area contributed by atoms with Crippen molar-refractivity contribution in [2.45, 2.75) is 0 Å². The van der Waals surface area contributed by atoms with Gasteiger partial charge in [0.25, 0.3) is 0 Å². The molecule has 0 unspecified atom stereocenters. The van der Waals surface area contributed by atoms with Crippen molar-refractivity contribution >= 4 is 76.3 Å². The van der Waals surface area contributed by atoms with E-state index in [2.05, 4.69) is 150 Å². The van der Waals surface area contributed by atoms with E-state index in [1.807, 2.05) is 18.4 Å². The highest BCUT2D eigenvalue weighted by molar-refractivity contribution is 6.28. The first-order valence-corrected chi connectivity index (χ1v) is 16.7. The minimum atomic E-state index is 0.777. The topological polar surface area (TPSA) is 31.2 Å². The van der Waals surface area contributed by atoms with Crippen LogP contribution in [0.25, 0.3) is 104 Å². The van der Waals surface area contributed by atoms with Crippen molar-refractivity contribution in [3.63, 3.8) is 0 Å². The lowest BCUT2D eigenvalue weighted by Gasteiger charge is -2.18. The lowest BCUT2D eigenvalue weighted by Crippen LogP contribution is -1.93. The highest BCUT2D eigenvalue weighted by Crippen LogP contribution is 2.49. The maximum Gasteiger partial charge on any atom is 0.178 e. The van der Waals surface area contributed by atoms with E-state index in [0.717, 1.165) is 44.2 Å². The van der Waals surface area contributed by atoms with Crippen LogP contribution in [0, 0.1) is 0 Å². The zero-order valence-electron chi connectivity index (χ0n) is 26.4. The Morgan fingerprint density at radius 3 is 1.67 bits per heavy atom. The van der Waals surface area contributed by atoms with Crippen LogP contribution >= 0.6 is 0 Å². The van der Waals surface area contributed by atoms with Crippen molar-refractivity contribution in [1.82, 2.24) is 4.57 Å². The van der Waals surface area contributed by atoms with Gasteiger partial charge >= 0.3 is 0 Å². The minimum Gasteiger partial charge on any atom is -0.460 e. The molecule has 0 aliphatic rings. The van der Waals surface area contributed by atoms with Gasteiger partial charge in [0.1, 0.15) is 5.58 Å². The molecule has 0 saturated heterocycles. The van der Waals surface area contributed by atoms with Gasteiger partial charge in [-0.3, -0.25) is 0 Å². The Hall–Kier alpha value is -6.58. The van der Waals surface area contributed by atoms with Crippen LogP contribution in [0.3, 0.4) is 0 Å². The Bertz CT molecular complexity index is 3050. The molecule has 3 aromatic heterocycles. The van der Waals surface area contributed by atoms with E-state index in [9.17, 15) is 0 Å². The summed E-state index contributed by atoms with van der Waals surface area (Å²) in [7, 11) is 0. The van der Waals surface area contributed by atoms with Crippen molar-refractivity contribution in [3.8, 4) is 27.9 Å². The molecule has 8 aromatic carbocycles. The monoisotopic (exact) mass is 625 g/mol. The first kappa shape index (κ1) is 26.5. The summed E-state index contributed by atoms with van der Waals surface area (Å²) in [5, 5.41) is 10.5. The first-order valence-electron chi connectivity index (χ1n) is 16.7. The molecule has 49 heavy (non-hydrogen) atoms. The molecule has 3 nitrogen and oxygen atoms in total. The van der Waals surface area contributed by atoms with Crippen LogP contribution in [0.5, 0.6) is 0 Å².